The number of aromatic nitrogens is 2. The molecular formula is C16H24ClN3O2. The Morgan fingerprint density at radius 1 is 1.18 bits per heavy atom. The zero-order valence-corrected chi connectivity index (χ0v) is 14.4. The second-order valence-electron chi connectivity index (χ2n) is 5.01. The largest absolute Gasteiger partial charge is 0.493 e. The van der Waals surface area contributed by atoms with Crippen molar-refractivity contribution in [1.82, 2.24) is 15.1 Å². The molecule has 22 heavy (non-hydrogen) atoms. The average Bonchev–Trinajstić information content (AvgIpc) is 2.82. The topological polar surface area (TPSA) is 48.3 Å². The van der Waals surface area contributed by atoms with Gasteiger partial charge in [0.15, 0.2) is 11.5 Å². The van der Waals surface area contributed by atoms with Crippen molar-refractivity contribution in [2.75, 3.05) is 20.8 Å². The van der Waals surface area contributed by atoms with Gasteiger partial charge in [-0.15, -0.1) is 12.4 Å². The number of hydrogen-bond acceptors (Lipinski definition) is 4. The number of ether oxygens (including phenoxy) is 2. The Bertz CT molecular complexity index is 580. The first kappa shape index (κ1) is 18.3. The van der Waals surface area contributed by atoms with Crippen LogP contribution in [0, 0.1) is 6.92 Å². The molecule has 1 aromatic heterocycles. The third-order valence-corrected chi connectivity index (χ3v) is 3.60. The minimum atomic E-state index is 0. The Morgan fingerprint density at radius 3 is 2.50 bits per heavy atom. The summed E-state index contributed by atoms with van der Waals surface area (Å²) < 4.78 is 12.5. The van der Waals surface area contributed by atoms with E-state index in [1.807, 2.05) is 30.1 Å². The van der Waals surface area contributed by atoms with Crippen LogP contribution in [0.1, 0.15) is 16.8 Å². The van der Waals surface area contributed by atoms with Crippen molar-refractivity contribution in [1.29, 1.82) is 0 Å². The smallest absolute Gasteiger partial charge is 0.160 e. The Balaban J connectivity index is 0.00000242. The van der Waals surface area contributed by atoms with E-state index in [1.54, 1.807) is 14.2 Å². The Morgan fingerprint density at radius 2 is 1.91 bits per heavy atom. The summed E-state index contributed by atoms with van der Waals surface area (Å²) in [5.74, 6) is 1.54. The second-order valence-corrected chi connectivity index (χ2v) is 5.01. The van der Waals surface area contributed by atoms with Crippen molar-refractivity contribution in [3.63, 3.8) is 0 Å². The molecule has 0 aliphatic rings. The molecule has 5 nitrogen and oxygen atoms in total. The molecule has 122 valence electrons. The summed E-state index contributed by atoms with van der Waals surface area (Å²) in [6.07, 6.45) is 2.84. The molecule has 0 bridgehead atoms. The lowest BCUT2D eigenvalue weighted by Gasteiger charge is -2.10. The van der Waals surface area contributed by atoms with E-state index in [4.69, 9.17) is 9.47 Å². The second kappa shape index (κ2) is 8.66. The van der Waals surface area contributed by atoms with Crippen LogP contribution in [0.2, 0.25) is 0 Å². The summed E-state index contributed by atoms with van der Waals surface area (Å²) in [6, 6.07) is 6.04. The first-order valence-corrected chi connectivity index (χ1v) is 7.04. The lowest BCUT2D eigenvalue weighted by molar-refractivity contribution is 0.354. The number of aryl methyl sites for hydroxylation is 2. The monoisotopic (exact) mass is 325 g/mol. The Hall–Kier alpha value is -1.72. The van der Waals surface area contributed by atoms with Crippen LogP contribution in [0.5, 0.6) is 11.5 Å². The molecule has 0 fully saturated rings. The van der Waals surface area contributed by atoms with Crippen molar-refractivity contribution < 1.29 is 9.47 Å². The van der Waals surface area contributed by atoms with Crippen LogP contribution in [0.15, 0.2) is 24.4 Å². The van der Waals surface area contributed by atoms with Crippen molar-refractivity contribution in [2.24, 2.45) is 7.05 Å². The number of methoxy groups -OCH3 is 2. The van der Waals surface area contributed by atoms with E-state index in [1.165, 1.54) is 16.8 Å². The quantitative estimate of drug-likeness (QED) is 0.795. The van der Waals surface area contributed by atoms with Crippen molar-refractivity contribution in [2.45, 2.75) is 19.9 Å². The third-order valence-electron chi connectivity index (χ3n) is 3.60. The summed E-state index contributed by atoms with van der Waals surface area (Å²) >= 11 is 0. The van der Waals surface area contributed by atoms with Gasteiger partial charge in [0, 0.05) is 13.6 Å². The molecule has 0 saturated heterocycles. The van der Waals surface area contributed by atoms with Gasteiger partial charge in [-0.2, -0.15) is 5.10 Å². The molecule has 1 heterocycles. The van der Waals surface area contributed by atoms with Gasteiger partial charge in [-0.3, -0.25) is 4.68 Å². The molecule has 0 radical (unpaired) electrons. The van der Waals surface area contributed by atoms with Gasteiger partial charge in [0.25, 0.3) is 0 Å². The minimum Gasteiger partial charge on any atom is -0.493 e. The average molecular weight is 326 g/mol. The lowest BCUT2D eigenvalue weighted by Crippen LogP contribution is -2.19. The van der Waals surface area contributed by atoms with Crippen LogP contribution in [0.25, 0.3) is 0 Å². The first-order chi connectivity index (χ1) is 10.2. The van der Waals surface area contributed by atoms with Gasteiger partial charge in [-0.25, -0.2) is 0 Å². The minimum absolute atomic E-state index is 0. The fourth-order valence-electron chi connectivity index (χ4n) is 2.30. The predicted molar refractivity (Wildman–Crippen MR) is 90.1 cm³/mol. The van der Waals surface area contributed by atoms with Gasteiger partial charge in [0.1, 0.15) is 0 Å². The van der Waals surface area contributed by atoms with E-state index >= 15 is 0 Å². The number of rotatable bonds is 7. The molecular weight excluding hydrogens is 302 g/mol. The van der Waals surface area contributed by atoms with Crippen LogP contribution < -0.4 is 14.8 Å². The highest BCUT2D eigenvalue weighted by molar-refractivity contribution is 5.85. The molecule has 0 saturated carbocycles. The van der Waals surface area contributed by atoms with Crippen molar-refractivity contribution in [3.8, 4) is 11.5 Å². The summed E-state index contributed by atoms with van der Waals surface area (Å²) in [7, 11) is 5.28. The van der Waals surface area contributed by atoms with E-state index in [0.717, 1.165) is 31.0 Å². The van der Waals surface area contributed by atoms with Gasteiger partial charge < -0.3 is 14.8 Å². The van der Waals surface area contributed by atoms with E-state index < -0.39 is 0 Å². The zero-order chi connectivity index (χ0) is 15.2. The van der Waals surface area contributed by atoms with Gasteiger partial charge >= 0.3 is 0 Å². The number of nitrogens with zero attached hydrogens (tertiary/aromatic N) is 2. The fourth-order valence-corrected chi connectivity index (χ4v) is 2.30. The molecule has 1 N–H and O–H groups in total. The van der Waals surface area contributed by atoms with Gasteiger partial charge in [0.05, 0.1) is 26.1 Å². The molecule has 0 aliphatic carbocycles. The van der Waals surface area contributed by atoms with Crippen molar-refractivity contribution in [3.05, 3.63) is 41.2 Å². The van der Waals surface area contributed by atoms with Crippen molar-refractivity contribution >= 4 is 12.4 Å². The number of hydrogen-bond donors (Lipinski definition) is 1. The fraction of sp³-hybridized carbons (Fsp3) is 0.438. The molecule has 0 atom stereocenters. The normalized spacial score (nSPS) is 10.2. The van der Waals surface area contributed by atoms with E-state index in [-0.39, 0.29) is 12.4 Å². The summed E-state index contributed by atoms with van der Waals surface area (Å²) in [4.78, 5) is 0. The molecule has 0 aliphatic heterocycles. The highest BCUT2D eigenvalue weighted by atomic mass is 35.5. The summed E-state index contributed by atoms with van der Waals surface area (Å²) in [6.45, 7) is 3.81. The van der Waals surface area contributed by atoms with Crippen LogP contribution in [0.3, 0.4) is 0 Å². The molecule has 0 unspecified atom stereocenters. The van der Waals surface area contributed by atoms with Crippen LogP contribution in [0.4, 0.5) is 0 Å². The number of halogens is 1. The highest BCUT2D eigenvalue weighted by Crippen LogP contribution is 2.27. The molecule has 1 aromatic carbocycles. The van der Waals surface area contributed by atoms with Crippen LogP contribution in [-0.2, 0) is 20.0 Å². The molecule has 0 amide bonds. The maximum Gasteiger partial charge on any atom is 0.160 e. The number of nitrogens with one attached hydrogen (secondary N) is 1. The maximum absolute atomic E-state index is 5.32. The zero-order valence-electron chi connectivity index (χ0n) is 13.5. The van der Waals surface area contributed by atoms with Crippen LogP contribution in [-0.4, -0.2) is 30.5 Å². The van der Waals surface area contributed by atoms with E-state index in [9.17, 15) is 0 Å². The number of benzene rings is 1. The molecule has 2 aromatic rings. The predicted octanol–water partition coefficient (Wildman–Crippen LogP) is 2.50. The SMILES string of the molecule is COc1ccc(CCNCc2c(C)cnn2C)cc1OC.Cl. The Labute approximate surface area is 138 Å². The van der Waals surface area contributed by atoms with Gasteiger partial charge in [0.2, 0.25) is 0 Å². The molecule has 6 heteroatoms. The summed E-state index contributed by atoms with van der Waals surface area (Å²) in [5.41, 5.74) is 3.67. The van der Waals surface area contributed by atoms with Crippen LogP contribution >= 0.6 is 12.4 Å². The first-order valence-electron chi connectivity index (χ1n) is 7.04. The molecule has 2 rings (SSSR count). The van der Waals surface area contributed by atoms with Gasteiger partial charge in [-0.1, -0.05) is 6.07 Å². The van der Waals surface area contributed by atoms with E-state index in [0.29, 0.717) is 0 Å². The Kier molecular flexibility index (Phi) is 7.21. The maximum atomic E-state index is 5.32. The third kappa shape index (κ3) is 4.39. The highest BCUT2D eigenvalue weighted by Gasteiger charge is 2.06. The van der Waals surface area contributed by atoms with Gasteiger partial charge in [-0.05, 0) is 43.1 Å². The standard InChI is InChI=1S/C16H23N3O2.ClH/c1-12-10-18-19(2)14(12)11-17-8-7-13-5-6-15(20-3)16(9-13)21-4;/h5-6,9-10,17H,7-8,11H2,1-4H3;1H. The summed E-state index contributed by atoms with van der Waals surface area (Å²) in [5, 5.41) is 7.69. The molecule has 0 spiro atoms. The lowest BCUT2D eigenvalue weighted by atomic mass is 10.1. The van der Waals surface area contributed by atoms with E-state index in [2.05, 4.69) is 23.4 Å².